The first-order valence-corrected chi connectivity index (χ1v) is 11.7. The third kappa shape index (κ3) is 8.39. The van der Waals surface area contributed by atoms with Gasteiger partial charge in [0, 0.05) is 24.5 Å². The molecule has 0 aromatic rings. The Bertz CT molecular complexity index is 571. The number of hydroxylamine groups is 1. The number of allylic oxidation sites excluding steroid dienone is 3. The van der Waals surface area contributed by atoms with Crippen LogP contribution in [0, 0.1) is 5.92 Å². The molecular formula is C22H37NO4S. The van der Waals surface area contributed by atoms with Gasteiger partial charge in [-0.1, -0.05) is 40.2 Å². The number of hydrogen-bond donors (Lipinski definition) is 1. The van der Waals surface area contributed by atoms with Crippen LogP contribution in [0.25, 0.3) is 0 Å². The first kappa shape index (κ1) is 24.8. The summed E-state index contributed by atoms with van der Waals surface area (Å²) in [7, 11) is 0. The number of esters is 1. The largest absolute Gasteiger partial charge is 0.430 e. The quantitative estimate of drug-likeness (QED) is 0.327. The highest BCUT2D eigenvalue weighted by atomic mass is 32.2. The fourth-order valence-electron chi connectivity index (χ4n) is 3.40. The minimum Gasteiger partial charge on any atom is -0.430 e. The van der Waals surface area contributed by atoms with Crippen molar-refractivity contribution in [2.45, 2.75) is 84.8 Å². The van der Waals surface area contributed by atoms with Crippen molar-refractivity contribution in [1.82, 2.24) is 5.48 Å². The van der Waals surface area contributed by atoms with Crippen LogP contribution in [-0.2, 0) is 19.2 Å². The maximum Gasteiger partial charge on any atom is 0.310 e. The number of rotatable bonds is 13. The summed E-state index contributed by atoms with van der Waals surface area (Å²) in [5.41, 5.74) is 3.97. The summed E-state index contributed by atoms with van der Waals surface area (Å²) in [4.78, 5) is 30.7. The van der Waals surface area contributed by atoms with Crippen molar-refractivity contribution < 1.29 is 19.2 Å². The van der Waals surface area contributed by atoms with Gasteiger partial charge in [0.2, 0.25) is 0 Å². The first-order valence-electron chi connectivity index (χ1n) is 10.6. The lowest BCUT2D eigenvalue weighted by atomic mass is 9.83. The SMILES string of the molecule is CCC=C(NOCC)C1=C(OC(=O)CCCC)CC(CC(C)SCC)CC1=O. The van der Waals surface area contributed by atoms with Crippen LogP contribution in [0.15, 0.2) is 23.1 Å². The first-order chi connectivity index (χ1) is 13.5. The molecule has 1 N–H and O–H groups in total. The molecule has 1 aliphatic carbocycles. The highest BCUT2D eigenvalue weighted by molar-refractivity contribution is 7.99. The molecule has 0 saturated heterocycles. The van der Waals surface area contributed by atoms with E-state index >= 15 is 0 Å². The Morgan fingerprint density at radius 3 is 2.64 bits per heavy atom. The van der Waals surface area contributed by atoms with E-state index in [1.54, 1.807) is 0 Å². The fourth-order valence-corrected chi connectivity index (χ4v) is 4.37. The molecule has 6 heteroatoms. The molecule has 0 aromatic heterocycles. The van der Waals surface area contributed by atoms with Gasteiger partial charge in [-0.2, -0.15) is 11.8 Å². The van der Waals surface area contributed by atoms with Crippen molar-refractivity contribution in [3.8, 4) is 0 Å². The monoisotopic (exact) mass is 411 g/mol. The summed E-state index contributed by atoms with van der Waals surface area (Å²) in [6.07, 6.45) is 6.80. The maximum atomic E-state index is 13.0. The molecule has 0 bridgehead atoms. The number of thioether (sulfide) groups is 1. The molecule has 160 valence electrons. The Hall–Kier alpha value is -1.27. The Morgan fingerprint density at radius 1 is 1.29 bits per heavy atom. The average Bonchev–Trinajstić information content (AvgIpc) is 2.64. The molecule has 0 amide bonds. The average molecular weight is 412 g/mol. The zero-order chi connectivity index (χ0) is 20.9. The number of ketones is 1. The molecule has 2 atom stereocenters. The van der Waals surface area contributed by atoms with E-state index in [9.17, 15) is 9.59 Å². The number of hydrogen-bond acceptors (Lipinski definition) is 6. The summed E-state index contributed by atoms with van der Waals surface area (Å²) < 4.78 is 5.73. The number of unbranched alkanes of at least 4 members (excludes halogenated alkanes) is 1. The van der Waals surface area contributed by atoms with Crippen molar-refractivity contribution in [3.05, 3.63) is 23.1 Å². The lowest BCUT2D eigenvalue weighted by Crippen LogP contribution is -2.29. The standard InChI is InChI=1S/C22H37NO4S/c1-6-10-12-21(25)27-20-15-17(13-16(5)28-9-4)14-19(24)22(20)18(11-7-2)23-26-8-3/h11,16-17,23H,6-10,12-15H2,1-5H3. The Morgan fingerprint density at radius 2 is 2.04 bits per heavy atom. The highest BCUT2D eigenvalue weighted by Gasteiger charge is 2.32. The van der Waals surface area contributed by atoms with Gasteiger partial charge in [0.1, 0.15) is 5.76 Å². The van der Waals surface area contributed by atoms with Gasteiger partial charge in [0.25, 0.3) is 0 Å². The minimum atomic E-state index is -0.258. The van der Waals surface area contributed by atoms with E-state index in [0.717, 1.165) is 31.4 Å². The second-order valence-corrected chi connectivity index (χ2v) is 8.85. The van der Waals surface area contributed by atoms with Gasteiger partial charge < -0.3 is 4.74 Å². The Labute approximate surface area is 174 Å². The van der Waals surface area contributed by atoms with E-state index in [1.807, 2.05) is 38.6 Å². The van der Waals surface area contributed by atoms with Crippen LogP contribution in [0.4, 0.5) is 0 Å². The van der Waals surface area contributed by atoms with Gasteiger partial charge in [-0.3, -0.25) is 19.9 Å². The predicted molar refractivity (Wildman–Crippen MR) is 116 cm³/mol. The summed E-state index contributed by atoms with van der Waals surface area (Å²) in [6, 6.07) is 0. The lowest BCUT2D eigenvalue weighted by Gasteiger charge is -2.28. The van der Waals surface area contributed by atoms with Gasteiger partial charge in [0.15, 0.2) is 5.78 Å². The van der Waals surface area contributed by atoms with Gasteiger partial charge in [-0.25, -0.2) is 0 Å². The van der Waals surface area contributed by atoms with E-state index in [4.69, 9.17) is 9.57 Å². The molecule has 1 aliphatic rings. The number of carbonyl (C=O) groups excluding carboxylic acids is 2. The van der Waals surface area contributed by atoms with Crippen LogP contribution in [0.1, 0.15) is 79.6 Å². The van der Waals surface area contributed by atoms with Gasteiger partial charge in [-0.15, -0.1) is 0 Å². The number of nitrogens with one attached hydrogen (secondary N) is 1. The molecule has 5 nitrogen and oxygen atoms in total. The molecular weight excluding hydrogens is 374 g/mol. The van der Waals surface area contributed by atoms with Crippen molar-refractivity contribution in [2.24, 2.45) is 5.92 Å². The van der Waals surface area contributed by atoms with Crippen LogP contribution in [0.5, 0.6) is 0 Å². The molecule has 2 unspecified atom stereocenters. The highest BCUT2D eigenvalue weighted by Crippen LogP contribution is 2.35. The molecule has 0 radical (unpaired) electrons. The smallest absolute Gasteiger partial charge is 0.310 e. The van der Waals surface area contributed by atoms with Crippen LogP contribution >= 0.6 is 11.8 Å². The second kappa shape index (κ2) is 13.8. The Balaban J connectivity index is 3.13. The molecule has 28 heavy (non-hydrogen) atoms. The van der Waals surface area contributed by atoms with E-state index < -0.39 is 0 Å². The molecule has 0 fully saturated rings. The molecule has 0 saturated carbocycles. The summed E-state index contributed by atoms with van der Waals surface area (Å²) in [5, 5.41) is 0.480. The normalized spacial score (nSPS) is 19.0. The number of Topliss-reactive ketones (excluding diaryl/α,β-unsaturated/α-hetero) is 1. The summed E-state index contributed by atoms with van der Waals surface area (Å²) >= 11 is 1.90. The number of ether oxygens (including phenoxy) is 1. The Kier molecular flexibility index (Phi) is 12.2. The van der Waals surface area contributed by atoms with E-state index in [1.165, 1.54) is 0 Å². The van der Waals surface area contributed by atoms with Gasteiger partial charge >= 0.3 is 5.97 Å². The molecule has 0 aliphatic heterocycles. The topological polar surface area (TPSA) is 64.6 Å². The maximum absolute atomic E-state index is 13.0. The van der Waals surface area contributed by atoms with Crippen molar-refractivity contribution in [1.29, 1.82) is 0 Å². The molecule has 0 aromatic carbocycles. The van der Waals surface area contributed by atoms with Gasteiger partial charge in [0.05, 0.1) is 17.9 Å². The summed E-state index contributed by atoms with van der Waals surface area (Å²) in [6.45, 7) is 10.7. The fraction of sp³-hybridized carbons (Fsp3) is 0.727. The van der Waals surface area contributed by atoms with Crippen molar-refractivity contribution >= 4 is 23.5 Å². The predicted octanol–water partition coefficient (Wildman–Crippen LogP) is 5.32. The molecule has 0 spiro atoms. The third-order valence-corrected chi connectivity index (χ3v) is 5.69. The van der Waals surface area contributed by atoms with E-state index in [0.29, 0.717) is 48.1 Å². The minimum absolute atomic E-state index is 0.0233. The zero-order valence-electron chi connectivity index (χ0n) is 18.1. The number of carbonyl (C=O) groups is 2. The molecule has 0 heterocycles. The van der Waals surface area contributed by atoms with Crippen molar-refractivity contribution in [3.63, 3.8) is 0 Å². The molecule has 1 rings (SSSR count). The van der Waals surface area contributed by atoms with Crippen LogP contribution in [-0.4, -0.2) is 29.4 Å². The zero-order valence-corrected chi connectivity index (χ0v) is 19.0. The third-order valence-electron chi connectivity index (χ3n) is 4.60. The van der Waals surface area contributed by atoms with Gasteiger partial charge in [-0.05, 0) is 37.9 Å². The second-order valence-electron chi connectivity index (χ2n) is 7.14. The summed E-state index contributed by atoms with van der Waals surface area (Å²) in [5.74, 6) is 1.53. The van der Waals surface area contributed by atoms with Crippen molar-refractivity contribution in [2.75, 3.05) is 12.4 Å². The van der Waals surface area contributed by atoms with Crippen LogP contribution in [0.2, 0.25) is 0 Å². The van der Waals surface area contributed by atoms with E-state index in [2.05, 4.69) is 19.3 Å². The van der Waals surface area contributed by atoms with Crippen LogP contribution in [0.3, 0.4) is 0 Å². The van der Waals surface area contributed by atoms with Crippen LogP contribution < -0.4 is 5.48 Å². The lowest BCUT2D eigenvalue weighted by molar-refractivity contribution is -0.140. The van der Waals surface area contributed by atoms with E-state index in [-0.39, 0.29) is 17.7 Å².